The van der Waals surface area contributed by atoms with Crippen molar-refractivity contribution >= 4 is 11.3 Å². The van der Waals surface area contributed by atoms with Gasteiger partial charge in [-0.2, -0.15) is 5.10 Å². The standard InChI is InChI=1S/C17H27N3S/c1-13-16(8-10-18-17(3,4)5)14(2)20(19-13)11-9-15-7-6-12-21-15/h6-7,12,18H,8-11H2,1-5H3. The molecule has 0 aliphatic carbocycles. The lowest BCUT2D eigenvalue weighted by atomic mass is 10.1. The Morgan fingerprint density at radius 1 is 1.24 bits per heavy atom. The molecular weight excluding hydrogens is 278 g/mol. The van der Waals surface area contributed by atoms with E-state index in [9.17, 15) is 0 Å². The molecule has 0 unspecified atom stereocenters. The molecule has 21 heavy (non-hydrogen) atoms. The second-order valence-corrected chi connectivity index (χ2v) is 7.66. The molecule has 2 aromatic heterocycles. The molecule has 0 aliphatic rings. The molecule has 0 spiro atoms. The summed E-state index contributed by atoms with van der Waals surface area (Å²) in [4.78, 5) is 1.43. The molecule has 0 amide bonds. The third-order valence-electron chi connectivity index (χ3n) is 3.71. The first kappa shape index (κ1) is 16.2. The number of thiophene rings is 1. The highest BCUT2D eigenvalue weighted by atomic mass is 32.1. The van der Waals surface area contributed by atoms with Crippen molar-refractivity contribution in [2.45, 2.75) is 59.5 Å². The molecule has 0 atom stereocenters. The topological polar surface area (TPSA) is 29.9 Å². The monoisotopic (exact) mass is 305 g/mol. The Bertz CT molecular complexity index is 562. The maximum atomic E-state index is 4.72. The van der Waals surface area contributed by atoms with Crippen molar-refractivity contribution in [2.24, 2.45) is 0 Å². The second kappa shape index (κ2) is 6.75. The Kier molecular flexibility index (Phi) is 5.22. The third kappa shape index (κ3) is 4.68. The van der Waals surface area contributed by atoms with Crippen molar-refractivity contribution in [3.05, 3.63) is 39.3 Å². The van der Waals surface area contributed by atoms with Gasteiger partial charge in [0.25, 0.3) is 0 Å². The van der Waals surface area contributed by atoms with Gasteiger partial charge in [0.05, 0.1) is 5.69 Å². The molecule has 0 aliphatic heterocycles. The molecule has 2 aromatic rings. The van der Waals surface area contributed by atoms with Crippen LogP contribution in [-0.2, 0) is 19.4 Å². The highest BCUT2D eigenvalue weighted by molar-refractivity contribution is 7.09. The summed E-state index contributed by atoms with van der Waals surface area (Å²) < 4.78 is 2.17. The molecule has 4 heteroatoms. The smallest absolute Gasteiger partial charge is 0.0628 e. The molecule has 2 rings (SSSR count). The van der Waals surface area contributed by atoms with Gasteiger partial charge in [-0.15, -0.1) is 11.3 Å². The molecule has 0 radical (unpaired) electrons. The van der Waals surface area contributed by atoms with Gasteiger partial charge in [-0.05, 0) is 64.6 Å². The van der Waals surface area contributed by atoms with Crippen molar-refractivity contribution in [3.63, 3.8) is 0 Å². The molecule has 0 saturated heterocycles. The summed E-state index contributed by atoms with van der Waals surface area (Å²) in [5, 5.41) is 10.4. The lowest BCUT2D eigenvalue weighted by molar-refractivity contribution is 0.429. The predicted molar refractivity (Wildman–Crippen MR) is 91.2 cm³/mol. The zero-order chi connectivity index (χ0) is 15.5. The number of nitrogens with one attached hydrogen (secondary N) is 1. The normalized spacial score (nSPS) is 12.0. The minimum Gasteiger partial charge on any atom is -0.312 e. The van der Waals surface area contributed by atoms with Crippen LogP contribution >= 0.6 is 11.3 Å². The van der Waals surface area contributed by atoms with Gasteiger partial charge in [0.2, 0.25) is 0 Å². The highest BCUT2D eigenvalue weighted by Crippen LogP contribution is 2.16. The van der Waals surface area contributed by atoms with Gasteiger partial charge >= 0.3 is 0 Å². The van der Waals surface area contributed by atoms with Gasteiger partial charge in [-0.3, -0.25) is 4.68 Å². The molecular formula is C17H27N3S. The minimum atomic E-state index is 0.178. The predicted octanol–water partition coefficient (Wildman–Crippen LogP) is 3.73. The molecule has 0 bridgehead atoms. The van der Waals surface area contributed by atoms with Gasteiger partial charge in [-0.25, -0.2) is 0 Å². The van der Waals surface area contributed by atoms with Crippen molar-refractivity contribution in [3.8, 4) is 0 Å². The van der Waals surface area contributed by atoms with Crippen LogP contribution in [0.4, 0.5) is 0 Å². The number of rotatable bonds is 6. The lowest BCUT2D eigenvalue weighted by Crippen LogP contribution is -2.37. The van der Waals surface area contributed by atoms with Gasteiger partial charge in [0.15, 0.2) is 0 Å². The first-order chi connectivity index (χ1) is 9.87. The Balaban J connectivity index is 1.96. The van der Waals surface area contributed by atoms with Crippen LogP contribution in [-0.4, -0.2) is 21.9 Å². The van der Waals surface area contributed by atoms with Crippen LogP contribution in [0.25, 0.3) is 0 Å². The number of hydrogen-bond acceptors (Lipinski definition) is 3. The van der Waals surface area contributed by atoms with E-state index in [1.165, 1.54) is 21.8 Å². The van der Waals surface area contributed by atoms with Crippen molar-refractivity contribution in [1.82, 2.24) is 15.1 Å². The van der Waals surface area contributed by atoms with Crippen LogP contribution in [0, 0.1) is 13.8 Å². The average Bonchev–Trinajstić information content (AvgIpc) is 2.98. The highest BCUT2D eigenvalue weighted by Gasteiger charge is 2.13. The Labute approximate surface area is 132 Å². The summed E-state index contributed by atoms with van der Waals surface area (Å²) in [6, 6.07) is 4.31. The maximum absolute atomic E-state index is 4.72. The molecule has 116 valence electrons. The number of aromatic nitrogens is 2. The molecule has 1 N–H and O–H groups in total. The summed E-state index contributed by atoms with van der Waals surface area (Å²) in [6.07, 6.45) is 2.12. The van der Waals surface area contributed by atoms with Gasteiger partial charge in [0.1, 0.15) is 0 Å². The summed E-state index contributed by atoms with van der Waals surface area (Å²) >= 11 is 1.82. The Hall–Kier alpha value is -1.13. The van der Waals surface area contributed by atoms with E-state index in [1.807, 2.05) is 11.3 Å². The average molecular weight is 305 g/mol. The molecule has 0 fully saturated rings. The van der Waals surface area contributed by atoms with Gasteiger partial charge in [0, 0.05) is 29.1 Å². The van der Waals surface area contributed by atoms with Crippen molar-refractivity contribution in [1.29, 1.82) is 0 Å². The second-order valence-electron chi connectivity index (χ2n) is 6.63. The van der Waals surface area contributed by atoms with Crippen LogP contribution in [0.3, 0.4) is 0 Å². The molecule has 3 nitrogen and oxygen atoms in total. The van der Waals surface area contributed by atoms with E-state index in [0.29, 0.717) is 0 Å². The van der Waals surface area contributed by atoms with Crippen molar-refractivity contribution in [2.75, 3.05) is 6.54 Å². The molecule has 2 heterocycles. The van der Waals surface area contributed by atoms with E-state index >= 15 is 0 Å². The maximum Gasteiger partial charge on any atom is 0.0628 e. The summed E-state index contributed by atoms with van der Waals surface area (Å²) in [5.74, 6) is 0. The molecule has 0 aromatic carbocycles. The van der Waals surface area contributed by atoms with Crippen LogP contribution in [0.5, 0.6) is 0 Å². The van der Waals surface area contributed by atoms with Crippen LogP contribution in [0.1, 0.15) is 42.6 Å². The zero-order valence-corrected chi connectivity index (χ0v) is 14.7. The van der Waals surface area contributed by atoms with E-state index < -0.39 is 0 Å². The largest absolute Gasteiger partial charge is 0.312 e. The first-order valence-corrected chi connectivity index (χ1v) is 8.55. The summed E-state index contributed by atoms with van der Waals surface area (Å²) in [6.45, 7) is 12.9. The lowest BCUT2D eigenvalue weighted by Gasteiger charge is -2.20. The van der Waals surface area contributed by atoms with Crippen LogP contribution < -0.4 is 5.32 Å². The Morgan fingerprint density at radius 2 is 2.00 bits per heavy atom. The quantitative estimate of drug-likeness (QED) is 0.881. The fourth-order valence-electron chi connectivity index (χ4n) is 2.55. The Morgan fingerprint density at radius 3 is 2.62 bits per heavy atom. The van der Waals surface area contributed by atoms with E-state index in [1.54, 1.807) is 0 Å². The minimum absolute atomic E-state index is 0.178. The number of nitrogens with zero attached hydrogens (tertiary/aromatic N) is 2. The number of aryl methyl sites for hydroxylation is 3. The summed E-state index contributed by atoms with van der Waals surface area (Å²) in [5.41, 5.74) is 4.07. The summed E-state index contributed by atoms with van der Waals surface area (Å²) in [7, 11) is 0. The zero-order valence-electron chi connectivity index (χ0n) is 13.9. The van der Waals surface area contributed by atoms with E-state index in [0.717, 1.165) is 25.9 Å². The number of hydrogen-bond donors (Lipinski definition) is 1. The van der Waals surface area contributed by atoms with E-state index in [2.05, 4.69) is 62.1 Å². The van der Waals surface area contributed by atoms with Crippen molar-refractivity contribution < 1.29 is 0 Å². The van der Waals surface area contributed by atoms with Crippen LogP contribution in [0.15, 0.2) is 17.5 Å². The van der Waals surface area contributed by atoms with E-state index in [4.69, 9.17) is 5.10 Å². The third-order valence-corrected chi connectivity index (χ3v) is 4.65. The van der Waals surface area contributed by atoms with Gasteiger partial charge < -0.3 is 5.32 Å². The van der Waals surface area contributed by atoms with Gasteiger partial charge in [-0.1, -0.05) is 6.07 Å². The fourth-order valence-corrected chi connectivity index (χ4v) is 3.25. The molecule has 0 saturated carbocycles. The SMILES string of the molecule is Cc1nn(CCc2cccs2)c(C)c1CCNC(C)(C)C. The fraction of sp³-hybridized carbons (Fsp3) is 0.588. The van der Waals surface area contributed by atoms with Crippen LogP contribution in [0.2, 0.25) is 0 Å². The first-order valence-electron chi connectivity index (χ1n) is 7.67. The van der Waals surface area contributed by atoms with E-state index in [-0.39, 0.29) is 5.54 Å².